The number of nitrogens with zero attached hydrogens (tertiary/aromatic N) is 1. The van der Waals surface area contributed by atoms with Crippen LogP contribution in [-0.2, 0) is 10.0 Å². The summed E-state index contributed by atoms with van der Waals surface area (Å²) in [4.78, 5) is 4.54. The van der Waals surface area contributed by atoms with E-state index in [1.165, 1.54) is 5.57 Å². The van der Waals surface area contributed by atoms with Crippen LogP contribution in [0.25, 0.3) is 11.1 Å². The molecule has 0 spiro atoms. The molecular formula is C17H18N2O2S. The Morgan fingerprint density at radius 1 is 1.05 bits per heavy atom. The van der Waals surface area contributed by atoms with E-state index in [0.29, 0.717) is 0 Å². The summed E-state index contributed by atoms with van der Waals surface area (Å²) in [6.07, 6.45) is 4.65. The van der Waals surface area contributed by atoms with Crippen LogP contribution in [-0.4, -0.2) is 13.4 Å². The lowest BCUT2D eigenvalue weighted by atomic mass is 9.98. The first kappa shape index (κ1) is 14.9. The zero-order chi connectivity index (χ0) is 15.7. The highest BCUT2D eigenvalue weighted by atomic mass is 32.2. The maximum absolute atomic E-state index is 11.8. The van der Waals surface area contributed by atoms with Crippen LogP contribution in [0.2, 0.25) is 0 Å². The maximum Gasteiger partial charge on any atom is 0.238 e. The second-order valence-electron chi connectivity index (χ2n) is 5.54. The van der Waals surface area contributed by atoms with Gasteiger partial charge >= 0.3 is 0 Å². The number of hydrogen-bond donors (Lipinski definition) is 1. The van der Waals surface area contributed by atoms with Crippen LogP contribution in [0.15, 0.2) is 47.5 Å². The summed E-state index contributed by atoms with van der Waals surface area (Å²) in [5.74, 6) is 0. The Labute approximate surface area is 130 Å². The van der Waals surface area contributed by atoms with Crippen LogP contribution < -0.4 is 5.14 Å². The Bertz CT molecular complexity index is 837. The minimum atomic E-state index is -3.73. The lowest BCUT2D eigenvalue weighted by Gasteiger charge is -2.12. The number of aryl methyl sites for hydroxylation is 1. The van der Waals surface area contributed by atoms with Crippen molar-refractivity contribution >= 4 is 21.2 Å². The van der Waals surface area contributed by atoms with E-state index in [4.69, 9.17) is 5.14 Å². The Morgan fingerprint density at radius 3 is 2.45 bits per heavy atom. The Balaban J connectivity index is 2.18. The van der Waals surface area contributed by atoms with Crippen LogP contribution in [0, 0.1) is 6.92 Å². The molecule has 1 heterocycles. The summed E-state index contributed by atoms with van der Waals surface area (Å²) in [5, 5.41) is 5.37. The number of allylic oxidation sites excluding steroid dienone is 2. The van der Waals surface area contributed by atoms with E-state index in [0.717, 1.165) is 41.7 Å². The van der Waals surface area contributed by atoms with Gasteiger partial charge in [0.2, 0.25) is 10.0 Å². The van der Waals surface area contributed by atoms with E-state index >= 15 is 0 Å². The molecule has 0 atom stereocenters. The number of sulfonamides is 1. The molecular weight excluding hydrogens is 296 g/mol. The molecule has 22 heavy (non-hydrogen) atoms. The molecule has 1 aromatic heterocycles. The van der Waals surface area contributed by atoms with Crippen LogP contribution in [0.5, 0.6) is 0 Å². The molecule has 0 aliphatic heterocycles. The maximum atomic E-state index is 11.8. The molecule has 0 fully saturated rings. The molecule has 1 aliphatic carbocycles. The molecule has 3 rings (SSSR count). The SMILES string of the molecule is Cc1ccc(C2=C(c3ccccc3S(N)(=O)=O)CCC2)cn1. The first-order valence-corrected chi connectivity index (χ1v) is 8.79. The summed E-state index contributed by atoms with van der Waals surface area (Å²) >= 11 is 0. The van der Waals surface area contributed by atoms with Crippen molar-refractivity contribution < 1.29 is 8.42 Å². The van der Waals surface area contributed by atoms with Crippen LogP contribution in [0.4, 0.5) is 0 Å². The summed E-state index contributed by atoms with van der Waals surface area (Å²) < 4.78 is 23.7. The molecule has 0 amide bonds. The number of hydrogen-bond acceptors (Lipinski definition) is 3. The standard InChI is InChI=1S/C17H18N2O2S/c1-12-9-10-13(11-19-12)14-6-4-7-15(14)16-5-2-3-8-17(16)22(18,20)21/h2-3,5,8-11H,4,6-7H2,1H3,(H2,18,20,21). The summed E-state index contributed by atoms with van der Waals surface area (Å²) in [6, 6.07) is 11.0. The molecule has 0 unspecified atom stereocenters. The Morgan fingerprint density at radius 2 is 1.77 bits per heavy atom. The smallest absolute Gasteiger partial charge is 0.238 e. The van der Waals surface area contributed by atoms with Crippen molar-refractivity contribution in [2.24, 2.45) is 5.14 Å². The van der Waals surface area contributed by atoms with E-state index in [9.17, 15) is 8.42 Å². The number of aromatic nitrogens is 1. The highest BCUT2D eigenvalue weighted by Crippen LogP contribution is 2.41. The van der Waals surface area contributed by atoms with Crippen molar-refractivity contribution in [3.8, 4) is 0 Å². The molecule has 5 heteroatoms. The topological polar surface area (TPSA) is 73.1 Å². The normalized spacial score (nSPS) is 15.4. The summed E-state index contributed by atoms with van der Waals surface area (Å²) in [6.45, 7) is 1.95. The Hall–Kier alpha value is -1.98. The average Bonchev–Trinajstić information content (AvgIpc) is 2.96. The molecule has 4 nitrogen and oxygen atoms in total. The van der Waals surface area contributed by atoms with Crippen molar-refractivity contribution in [3.05, 3.63) is 59.4 Å². The highest BCUT2D eigenvalue weighted by molar-refractivity contribution is 7.89. The number of primary sulfonamides is 1. The molecule has 0 saturated carbocycles. The first-order valence-electron chi connectivity index (χ1n) is 7.24. The van der Waals surface area contributed by atoms with Gasteiger partial charge in [0.25, 0.3) is 0 Å². The van der Waals surface area contributed by atoms with Gasteiger partial charge in [-0.1, -0.05) is 24.3 Å². The van der Waals surface area contributed by atoms with E-state index in [1.807, 2.05) is 37.4 Å². The lowest BCUT2D eigenvalue weighted by Crippen LogP contribution is -2.14. The molecule has 1 aliphatic rings. The largest absolute Gasteiger partial charge is 0.261 e. The lowest BCUT2D eigenvalue weighted by molar-refractivity contribution is 0.597. The first-order chi connectivity index (χ1) is 10.5. The number of pyridine rings is 1. The monoisotopic (exact) mass is 314 g/mol. The van der Waals surface area contributed by atoms with Crippen molar-refractivity contribution in [1.82, 2.24) is 4.98 Å². The second kappa shape index (κ2) is 5.66. The number of nitrogens with two attached hydrogens (primary N) is 1. The Kier molecular flexibility index (Phi) is 3.85. The van der Waals surface area contributed by atoms with Gasteiger partial charge in [-0.3, -0.25) is 4.98 Å². The third kappa shape index (κ3) is 2.82. The highest BCUT2D eigenvalue weighted by Gasteiger charge is 2.23. The van der Waals surface area contributed by atoms with Crippen molar-refractivity contribution in [3.63, 3.8) is 0 Å². The van der Waals surface area contributed by atoms with Crippen molar-refractivity contribution in [1.29, 1.82) is 0 Å². The van der Waals surface area contributed by atoms with Gasteiger partial charge in [0.15, 0.2) is 0 Å². The van der Waals surface area contributed by atoms with Gasteiger partial charge in [0.1, 0.15) is 0 Å². The fourth-order valence-electron chi connectivity index (χ4n) is 2.97. The van der Waals surface area contributed by atoms with Crippen LogP contribution in [0.1, 0.15) is 36.1 Å². The third-order valence-corrected chi connectivity index (χ3v) is 4.97. The van der Waals surface area contributed by atoms with Crippen molar-refractivity contribution in [2.45, 2.75) is 31.1 Å². The van der Waals surface area contributed by atoms with Gasteiger partial charge in [-0.2, -0.15) is 0 Å². The number of rotatable bonds is 3. The number of benzene rings is 1. The van der Waals surface area contributed by atoms with E-state index in [1.54, 1.807) is 12.1 Å². The van der Waals surface area contributed by atoms with E-state index in [2.05, 4.69) is 4.98 Å². The van der Waals surface area contributed by atoms with Gasteiger partial charge < -0.3 is 0 Å². The van der Waals surface area contributed by atoms with E-state index < -0.39 is 10.0 Å². The van der Waals surface area contributed by atoms with E-state index in [-0.39, 0.29) is 4.90 Å². The predicted molar refractivity (Wildman–Crippen MR) is 87.5 cm³/mol. The molecule has 2 aromatic rings. The van der Waals surface area contributed by atoms with Crippen LogP contribution in [0.3, 0.4) is 0 Å². The second-order valence-corrected chi connectivity index (χ2v) is 7.07. The fourth-order valence-corrected chi connectivity index (χ4v) is 3.74. The zero-order valence-corrected chi connectivity index (χ0v) is 13.2. The molecule has 114 valence electrons. The minimum Gasteiger partial charge on any atom is -0.261 e. The van der Waals surface area contributed by atoms with Crippen molar-refractivity contribution in [2.75, 3.05) is 0 Å². The fraction of sp³-hybridized carbons (Fsp3) is 0.235. The van der Waals surface area contributed by atoms with Gasteiger partial charge in [-0.15, -0.1) is 0 Å². The molecule has 0 radical (unpaired) electrons. The third-order valence-electron chi connectivity index (χ3n) is 4.00. The quantitative estimate of drug-likeness (QED) is 0.946. The molecule has 2 N–H and O–H groups in total. The zero-order valence-electron chi connectivity index (χ0n) is 12.4. The minimum absolute atomic E-state index is 0.199. The van der Waals surface area contributed by atoms with Crippen LogP contribution >= 0.6 is 0 Å². The summed E-state index contributed by atoms with van der Waals surface area (Å²) in [7, 11) is -3.73. The van der Waals surface area contributed by atoms with Gasteiger partial charge in [-0.05, 0) is 60.6 Å². The molecule has 0 saturated heterocycles. The van der Waals surface area contributed by atoms with Gasteiger partial charge in [-0.25, -0.2) is 13.6 Å². The van der Waals surface area contributed by atoms with Gasteiger partial charge in [0, 0.05) is 11.9 Å². The molecule has 1 aromatic carbocycles. The van der Waals surface area contributed by atoms with Gasteiger partial charge in [0.05, 0.1) is 4.90 Å². The average molecular weight is 314 g/mol. The summed E-state index contributed by atoms with van der Waals surface area (Å²) in [5.41, 5.74) is 4.98. The molecule has 0 bridgehead atoms. The predicted octanol–water partition coefficient (Wildman–Crippen LogP) is 3.13.